The van der Waals surface area contributed by atoms with Crippen LogP contribution < -0.4 is 10.6 Å². The molecule has 1 saturated heterocycles. The highest BCUT2D eigenvalue weighted by atomic mass is 32.1. The van der Waals surface area contributed by atoms with Gasteiger partial charge < -0.3 is 20.0 Å². The average molecular weight is 542 g/mol. The number of non-ortho nitro benzene ring substituents is 1. The highest BCUT2D eigenvalue weighted by molar-refractivity contribution is 7.80. The molecule has 9 nitrogen and oxygen atoms in total. The predicted molar refractivity (Wildman–Crippen MR) is 152 cm³/mol. The molecule has 1 amide bonds. The van der Waals surface area contributed by atoms with E-state index in [4.69, 9.17) is 16.6 Å². The zero-order chi connectivity index (χ0) is 27.5. The molecule has 1 aliphatic rings. The molecule has 39 heavy (non-hydrogen) atoms. The molecule has 2 atom stereocenters. The van der Waals surface area contributed by atoms with Crippen LogP contribution in [0.5, 0.6) is 0 Å². The number of aryl methyl sites for hydroxylation is 2. The van der Waals surface area contributed by atoms with E-state index in [1.807, 2.05) is 67.3 Å². The van der Waals surface area contributed by atoms with Gasteiger partial charge in [0, 0.05) is 42.5 Å². The zero-order valence-electron chi connectivity index (χ0n) is 21.5. The number of rotatable bonds is 8. The Morgan fingerprint density at radius 1 is 1.13 bits per heavy atom. The number of carbonyl (C=O) groups excluding carboxylic acids is 1. The molecular formula is C29H27N5O4S. The van der Waals surface area contributed by atoms with Gasteiger partial charge in [-0.3, -0.25) is 19.9 Å². The van der Waals surface area contributed by atoms with Crippen LogP contribution in [0.3, 0.4) is 0 Å². The van der Waals surface area contributed by atoms with Crippen LogP contribution in [-0.2, 0) is 4.79 Å². The quantitative estimate of drug-likeness (QED) is 0.162. The van der Waals surface area contributed by atoms with Crippen molar-refractivity contribution < 1.29 is 14.1 Å². The summed E-state index contributed by atoms with van der Waals surface area (Å²) in [5.74, 6) is 1.10. The molecule has 0 unspecified atom stereocenters. The molecule has 2 aromatic heterocycles. The molecule has 0 aliphatic carbocycles. The first kappa shape index (κ1) is 26.1. The van der Waals surface area contributed by atoms with E-state index in [2.05, 4.69) is 15.6 Å². The molecular weight excluding hydrogens is 514 g/mol. The Hall–Kier alpha value is -4.57. The third-order valence-electron chi connectivity index (χ3n) is 6.73. The van der Waals surface area contributed by atoms with Crippen molar-refractivity contribution in [2.24, 2.45) is 0 Å². The van der Waals surface area contributed by atoms with Crippen LogP contribution in [0.15, 0.2) is 83.4 Å². The van der Waals surface area contributed by atoms with Crippen LogP contribution in [0.4, 0.5) is 11.4 Å². The van der Waals surface area contributed by atoms with Gasteiger partial charge in [0.05, 0.1) is 16.7 Å². The minimum atomic E-state index is -0.436. The smallest absolute Gasteiger partial charge is 0.269 e. The number of carbonyl (C=O) groups is 1. The Kier molecular flexibility index (Phi) is 7.38. The number of pyridine rings is 1. The van der Waals surface area contributed by atoms with Crippen LogP contribution in [0.2, 0.25) is 0 Å². The molecule has 0 saturated carbocycles. The number of amides is 1. The summed E-state index contributed by atoms with van der Waals surface area (Å²) in [5, 5.41) is 17.9. The molecule has 0 bridgehead atoms. The largest absolute Gasteiger partial charge is 0.459 e. The van der Waals surface area contributed by atoms with E-state index in [9.17, 15) is 14.9 Å². The van der Waals surface area contributed by atoms with Gasteiger partial charge in [0.1, 0.15) is 17.6 Å². The number of aromatic nitrogens is 1. The lowest BCUT2D eigenvalue weighted by molar-refractivity contribution is -0.384. The van der Waals surface area contributed by atoms with Gasteiger partial charge in [0.15, 0.2) is 5.11 Å². The lowest BCUT2D eigenvalue weighted by Gasteiger charge is -2.26. The summed E-state index contributed by atoms with van der Waals surface area (Å²) in [6, 6.07) is 20.9. The number of hydrogen-bond donors (Lipinski definition) is 2. The first-order valence-electron chi connectivity index (χ1n) is 12.5. The normalized spacial score (nSPS) is 16.7. The van der Waals surface area contributed by atoms with Crippen molar-refractivity contribution >= 4 is 34.6 Å². The fraction of sp³-hybridized carbons (Fsp3) is 0.207. The van der Waals surface area contributed by atoms with Crippen molar-refractivity contribution in [1.29, 1.82) is 0 Å². The highest BCUT2D eigenvalue weighted by Gasteiger charge is 2.41. The van der Waals surface area contributed by atoms with Crippen molar-refractivity contribution in [2.45, 2.75) is 32.4 Å². The van der Waals surface area contributed by atoms with Gasteiger partial charge in [-0.25, -0.2) is 0 Å². The fourth-order valence-corrected chi connectivity index (χ4v) is 5.01. The number of benzene rings is 2. The van der Waals surface area contributed by atoms with Crippen LogP contribution in [-0.4, -0.2) is 32.4 Å². The lowest BCUT2D eigenvalue weighted by atomic mass is 10.0. The number of nitrogens with one attached hydrogen (secondary N) is 2. The van der Waals surface area contributed by atoms with Crippen LogP contribution >= 0.6 is 12.2 Å². The average Bonchev–Trinajstić information content (AvgIpc) is 3.54. The summed E-state index contributed by atoms with van der Waals surface area (Å²) < 4.78 is 6.28. The van der Waals surface area contributed by atoms with Gasteiger partial charge in [0.2, 0.25) is 5.91 Å². The van der Waals surface area contributed by atoms with Gasteiger partial charge in [-0.15, -0.1) is 0 Å². The molecule has 2 aromatic carbocycles. The van der Waals surface area contributed by atoms with E-state index < -0.39 is 4.92 Å². The van der Waals surface area contributed by atoms with Crippen molar-refractivity contribution in [2.75, 3.05) is 11.9 Å². The molecule has 198 valence electrons. The zero-order valence-corrected chi connectivity index (χ0v) is 22.3. The van der Waals surface area contributed by atoms with E-state index in [0.717, 1.165) is 22.5 Å². The Balaban J connectivity index is 1.39. The van der Waals surface area contributed by atoms with Crippen molar-refractivity contribution in [3.8, 4) is 11.3 Å². The molecule has 4 aromatic rings. The van der Waals surface area contributed by atoms with Gasteiger partial charge in [-0.05, 0) is 79.7 Å². The second-order valence-electron chi connectivity index (χ2n) is 9.44. The molecule has 10 heteroatoms. The van der Waals surface area contributed by atoms with E-state index in [1.165, 1.54) is 12.1 Å². The minimum absolute atomic E-state index is 0.0106. The maximum absolute atomic E-state index is 12.9. The summed E-state index contributed by atoms with van der Waals surface area (Å²) in [6.45, 7) is 4.31. The Morgan fingerprint density at radius 3 is 2.64 bits per heavy atom. The maximum Gasteiger partial charge on any atom is 0.269 e. The molecule has 0 radical (unpaired) electrons. The first-order valence-corrected chi connectivity index (χ1v) is 12.9. The molecule has 1 fully saturated rings. The number of hydrogen-bond acceptors (Lipinski definition) is 6. The van der Waals surface area contributed by atoms with Gasteiger partial charge >= 0.3 is 0 Å². The molecule has 2 N–H and O–H groups in total. The second-order valence-corrected chi connectivity index (χ2v) is 9.83. The summed E-state index contributed by atoms with van der Waals surface area (Å²) in [7, 11) is 0. The summed E-state index contributed by atoms with van der Waals surface area (Å²) in [4.78, 5) is 30.0. The third-order valence-corrected chi connectivity index (χ3v) is 7.08. The van der Waals surface area contributed by atoms with E-state index >= 15 is 0 Å². The van der Waals surface area contributed by atoms with Crippen molar-refractivity contribution in [1.82, 2.24) is 15.2 Å². The maximum atomic E-state index is 12.9. The van der Waals surface area contributed by atoms with Crippen LogP contribution in [0.25, 0.3) is 11.3 Å². The van der Waals surface area contributed by atoms with Crippen molar-refractivity contribution in [3.05, 3.63) is 112 Å². The first-order chi connectivity index (χ1) is 18.8. The number of anilines is 1. The highest BCUT2D eigenvalue weighted by Crippen LogP contribution is 2.40. The Morgan fingerprint density at radius 2 is 1.92 bits per heavy atom. The summed E-state index contributed by atoms with van der Waals surface area (Å²) in [6.07, 6.45) is 1.94. The van der Waals surface area contributed by atoms with Gasteiger partial charge in [0.25, 0.3) is 5.69 Å². The predicted octanol–water partition coefficient (Wildman–Crippen LogP) is 5.87. The minimum Gasteiger partial charge on any atom is -0.459 e. The van der Waals surface area contributed by atoms with Crippen molar-refractivity contribution in [3.63, 3.8) is 0 Å². The van der Waals surface area contributed by atoms with Gasteiger partial charge in [-0.2, -0.15) is 0 Å². The molecule has 1 aliphatic heterocycles. The summed E-state index contributed by atoms with van der Waals surface area (Å²) >= 11 is 5.70. The number of furan rings is 1. The van der Waals surface area contributed by atoms with Crippen LogP contribution in [0, 0.1) is 24.0 Å². The Bertz CT molecular complexity index is 1520. The SMILES string of the molecule is Cc1ccc(C)c(NC(=O)CCN2C(=S)N[C@@H](c3ccccn3)[C@@H]2c2ccc(-c3ccc([N+](=O)[O-])cc3)o2)c1. The lowest BCUT2D eigenvalue weighted by Crippen LogP contribution is -2.32. The number of nitro groups is 1. The second kappa shape index (κ2) is 11.0. The van der Waals surface area contributed by atoms with E-state index in [0.29, 0.717) is 28.7 Å². The number of thiocarbonyl (C=S) groups is 1. The summed E-state index contributed by atoms with van der Waals surface area (Å²) in [5.41, 5.74) is 4.38. The monoisotopic (exact) mass is 541 g/mol. The molecule has 0 spiro atoms. The van der Waals surface area contributed by atoms with Crippen LogP contribution in [0.1, 0.15) is 41.1 Å². The standard InChI is InChI=1S/C29H27N5O4S/c1-18-6-7-19(2)23(17-18)31-26(35)14-16-33-28(27(32-29(33)39)22-5-3-4-15-30-22)25-13-12-24(38-25)20-8-10-21(11-9-20)34(36)37/h3-13,15,17,27-28H,14,16H2,1-2H3,(H,31,35)(H,32,39)/t27-,28-/m0/s1. The van der Waals surface area contributed by atoms with E-state index in [1.54, 1.807) is 18.3 Å². The van der Waals surface area contributed by atoms with E-state index in [-0.39, 0.29) is 30.1 Å². The molecule has 3 heterocycles. The fourth-order valence-electron chi connectivity index (χ4n) is 4.67. The topological polar surface area (TPSA) is 114 Å². The van der Waals surface area contributed by atoms with Gasteiger partial charge in [-0.1, -0.05) is 18.2 Å². The number of nitro benzene ring substituents is 1. The molecule has 5 rings (SSSR count). The third kappa shape index (κ3) is 5.65. The Labute approximate surface area is 231 Å². The number of nitrogens with zero attached hydrogens (tertiary/aromatic N) is 3.